The number of alkyl halides is 1. The van der Waals surface area contributed by atoms with Crippen molar-refractivity contribution < 1.29 is 0 Å². The average molecular weight is 260 g/mol. The third-order valence-corrected chi connectivity index (χ3v) is 3.89. The predicted octanol–water partition coefficient (Wildman–Crippen LogP) is 4.53. The lowest BCUT2D eigenvalue weighted by Gasteiger charge is -2.30. The van der Waals surface area contributed by atoms with E-state index in [9.17, 15) is 0 Å². The van der Waals surface area contributed by atoms with Crippen LogP contribution in [0.4, 0.5) is 0 Å². The van der Waals surface area contributed by atoms with E-state index in [0.717, 1.165) is 4.47 Å². The van der Waals surface area contributed by atoms with Crippen LogP contribution >= 0.6 is 27.5 Å². The van der Waals surface area contributed by atoms with Crippen LogP contribution in [0.25, 0.3) is 0 Å². The molecule has 0 radical (unpaired) electrons. The zero-order valence-corrected chi connectivity index (χ0v) is 9.68. The smallest absolute Gasteiger partial charge is 0.0613 e. The monoisotopic (exact) mass is 258 g/mol. The van der Waals surface area contributed by atoms with E-state index >= 15 is 0 Å². The van der Waals surface area contributed by atoms with Crippen LogP contribution in [0, 0.1) is 5.92 Å². The van der Waals surface area contributed by atoms with Gasteiger partial charge in [0.15, 0.2) is 0 Å². The van der Waals surface area contributed by atoms with Gasteiger partial charge in [-0.1, -0.05) is 34.5 Å². The molecule has 0 aliphatic heterocycles. The Hall–Kier alpha value is -0.0100. The number of rotatable bonds is 2. The molecule has 0 aromatic heterocycles. The fraction of sp³-hybridized carbons (Fsp3) is 0.455. The van der Waals surface area contributed by atoms with Crippen molar-refractivity contribution in [3.63, 3.8) is 0 Å². The Morgan fingerprint density at radius 2 is 1.85 bits per heavy atom. The highest BCUT2D eigenvalue weighted by molar-refractivity contribution is 9.10. The van der Waals surface area contributed by atoms with Crippen LogP contribution in [-0.4, -0.2) is 0 Å². The topological polar surface area (TPSA) is 0 Å². The quantitative estimate of drug-likeness (QED) is 0.685. The minimum atomic E-state index is 0.224. The Morgan fingerprint density at radius 1 is 1.23 bits per heavy atom. The molecule has 1 atom stereocenters. The van der Waals surface area contributed by atoms with Crippen LogP contribution in [0.2, 0.25) is 0 Å². The summed E-state index contributed by atoms with van der Waals surface area (Å²) in [6, 6.07) is 8.34. The van der Waals surface area contributed by atoms with Gasteiger partial charge < -0.3 is 0 Å². The van der Waals surface area contributed by atoms with Gasteiger partial charge in [0.25, 0.3) is 0 Å². The van der Waals surface area contributed by atoms with Crippen molar-refractivity contribution >= 4 is 27.5 Å². The molecule has 1 aliphatic rings. The van der Waals surface area contributed by atoms with Crippen molar-refractivity contribution in [2.45, 2.75) is 24.6 Å². The molecule has 0 nitrogen and oxygen atoms in total. The summed E-state index contributed by atoms with van der Waals surface area (Å²) in [7, 11) is 0. The minimum Gasteiger partial charge on any atom is -0.118 e. The summed E-state index contributed by atoms with van der Waals surface area (Å²) in [5.74, 6) is 0.711. The van der Waals surface area contributed by atoms with E-state index < -0.39 is 0 Å². The zero-order chi connectivity index (χ0) is 9.26. The maximum Gasteiger partial charge on any atom is 0.0613 e. The first kappa shape index (κ1) is 9.54. The standard InChI is InChI=1S/C11H12BrCl/c12-10-6-4-9(5-7-10)11(13)8-2-1-3-8/h4-8,11H,1-3H2. The molecule has 1 aromatic rings. The summed E-state index contributed by atoms with van der Waals surface area (Å²) in [5.41, 5.74) is 1.26. The Balaban J connectivity index is 2.10. The third-order valence-electron chi connectivity index (χ3n) is 2.75. The fourth-order valence-electron chi connectivity index (χ4n) is 1.65. The molecule has 0 spiro atoms. The molecular formula is C11H12BrCl. The highest BCUT2D eigenvalue weighted by Crippen LogP contribution is 2.41. The second-order valence-electron chi connectivity index (χ2n) is 3.64. The van der Waals surface area contributed by atoms with E-state index in [1.807, 2.05) is 0 Å². The molecule has 2 rings (SSSR count). The van der Waals surface area contributed by atoms with Gasteiger partial charge in [0.05, 0.1) is 5.38 Å². The van der Waals surface area contributed by atoms with Gasteiger partial charge in [0.2, 0.25) is 0 Å². The van der Waals surface area contributed by atoms with E-state index in [1.54, 1.807) is 0 Å². The number of benzene rings is 1. The molecule has 13 heavy (non-hydrogen) atoms. The van der Waals surface area contributed by atoms with Crippen LogP contribution in [0.1, 0.15) is 30.2 Å². The Bertz CT molecular complexity index is 277. The molecule has 1 saturated carbocycles. The van der Waals surface area contributed by atoms with Crippen molar-refractivity contribution in [3.8, 4) is 0 Å². The lowest BCUT2D eigenvalue weighted by atomic mass is 9.80. The molecule has 2 heteroatoms. The van der Waals surface area contributed by atoms with Gasteiger partial charge in [-0.2, -0.15) is 0 Å². The van der Waals surface area contributed by atoms with Gasteiger partial charge in [0, 0.05) is 4.47 Å². The molecule has 1 fully saturated rings. The van der Waals surface area contributed by atoms with Crippen molar-refractivity contribution in [1.82, 2.24) is 0 Å². The van der Waals surface area contributed by atoms with Crippen molar-refractivity contribution in [2.75, 3.05) is 0 Å². The van der Waals surface area contributed by atoms with Gasteiger partial charge in [-0.15, -0.1) is 11.6 Å². The lowest BCUT2D eigenvalue weighted by molar-refractivity contribution is 0.305. The normalized spacial score (nSPS) is 19.5. The van der Waals surface area contributed by atoms with Crippen LogP contribution in [0.3, 0.4) is 0 Å². The van der Waals surface area contributed by atoms with Gasteiger partial charge in [-0.05, 0) is 36.5 Å². The second-order valence-corrected chi connectivity index (χ2v) is 5.03. The summed E-state index contributed by atoms with van der Waals surface area (Å²) < 4.78 is 1.12. The van der Waals surface area contributed by atoms with Gasteiger partial charge in [-0.3, -0.25) is 0 Å². The van der Waals surface area contributed by atoms with Crippen molar-refractivity contribution in [1.29, 1.82) is 0 Å². The van der Waals surface area contributed by atoms with E-state index in [4.69, 9.17) is 11.6 Å². The van der Waals surface area contributed by atoms with E-state index in [2.05, 4.69) is 40.2 Å². The number of hydrogen-bond acceptors (Lipinski definition) is 0. The van der Waals surface area contributed by atoms with E-state index in [-0.39, 0.29) is 5.38 Å². The maximum absolute atomic E-state index is 6.35. The molecule has 70 valence electrons. The Morgan fingerprint density at radius 3 is 2.31 bits per heavy atom. The van der Waals surface area contributed by atoms with Crippen LogP contribution < -0.4 is 0 Å². The Kier molecular flexibility index (Phi) is 2.95. The average Bonchev–Trinajstić information content (AvgIpc) is 2.02. The molecule has 1 unspecified atom stereocenters. The van der Waals surface area contributed by atoms with Crippen LogP contribution in [-0.2, 0) is 0 Å². The van der Waals surface area contributed by atoms with E-state index in [0.29, 0.717) is 5.92 Å². The van der Waals surface area contributed by atoms with Crippen molar-refractivity contribution in [2.24, 2.45) is 5.92 Å². The molecule has 0 bridgehead atoms. The number of halogens is 2. The summed E-state index contributed by atoms with van der Waals surface area (Å²) in [5, 5.41) is 0.224. The van der Waals surface area contributed by atoms with Gasteiger partial charge >= 0.3 is 0 Å². The highest BCUT2D eigenvalue weighted by Gasteiger charge is 2.26. The summed E-state index contributed by atoms with van der Waals surface area (Å²) in [6.07, 6.45) is 3.94. The highest BCUT2D eigenvalue weighted by atomic mass is 79.9. The first-order chi connectivity index (χ1) is 6.27. The zero-order valence-electron chi connectivity index (χ0n) is 7.34. The molecule has 1 aromatic carbocycles. The van der Waals surface area contributed by atoms with Gasteiger partial charge in [-0.25, -0.2) is 0 Å². The Labute approximate surface area is 92.4 Å². The van der Waals surface area contributed by atoms with Crippen LogP contribution in [0.5, 0.6) is 0 Å². The molecule has 1 aliphatic carbocycles. The largest absolute Gasteiger partial charge is 0.118 e. The van der Waals surface area contributed by atoms with Crippen LogP contribution in [0.15, 0.2) is 28.7 Å². The minimum absolute atomic E-state index is 0.224. The summed E-state index contributed by atoms with van der Waals surface area (Å²) in [6.45, 7) is 0. The molecule has 0 saturated heterocycles. The van der Waals surface area contributed by atoms with Gasteiger partial charge in [0.1, 0.15) is 0 Å². The summed E-state index contributed by atoms with van der Waals surface area (Å²) >= 11 is 9.76. The van der Waals surface area contributed by atoms with E-state index in [1.165, 1.54) is 24.8 Å². The molecule has 0 amide bonds. The SMILES string of the molecule is ClC(c1ccc(Br)cc1)C1CCC1. The lowest BCUT2D eigenvalue weighted by Crippen LogP contribution is -2.16. The molecular weight excluding hydrogens is 247 g/mol. The predicted molar refractivity (Wildman–Crippen MR) is 60.1 cm³/mol. The fourth-order valence-corrected chi connectivity index (χ4v) is 2.31. The third kappa shape index (κ3) is 2.08. The van der Waals surface area contributed by atoms with Crippen molar-refractivity contribution in [3.05, 3.63) is 34.3 Å². The molecule has 0 heterocycles. The summed E-state index contributed by atoms with van der Waals surface area (Å²) in [4.78, 5) is 0. The second kappa shape index (κ2) is 4.02. The first-order valence-electron chi connectivity index (χ1n) is 4.67. The molecule has 0 N–H and O–H groups in total. The maximum atomic E-state index is 6.35. The first-order valence-corrected chi connectivity index (χ1v) is 5.90. The number of hydrogen-bond donors (Lipinski definition) is 0.